The number of hydrogen-bond donors (Lipinski definition) is 2. The van der Waals surface area contributed by atoms with Gasteiger partial charge in [0.15, 0.2) is 5.69 Å². The SMILES string of the molecule is CCc1[nH]nc(C(=O)NC2CC(c3cc(N4CCCC4)ncn3)C2)c1C. The van der Waals surface area contributed by atoms with Crippen molar-refractivity contribution in [3.05, 3.63) is 35.0 Å². The Morgan fingerprint density at radius 3 is 2.77 bits per heavy atom. The van der Waals surface area contributed by atoms with Gasteiger partial charge in [-0.1, -0.05) is 6.92 Å². The molecule has 0 bridgehead atoms. The van der Waals surface area contributed by atoms with Gasteiger partial charge in [-0.2, -0.15) is 5.10 Å². The Morgan fingerprint density at radius 1 is 1.31 bits per heavy atom. The van der Waals surface area contributed by atoms with E-state index < -0.39 is 0 Å². The van der Waals surface area contributed by atoms with E-state index in [-0.39, 0.29) is 11.9 Å². The molecule has 1 amide bonds. The second-order valence-electron chi connectivity index (χ2n) is 7.36. The zero-order valence-electron chi connectivity index (χ0n) is 15.5. The van der Waals surface area contributed by atoms with Crippen molar-refractivity contribution in [3.8, 4) is 0 Å². The molecule has 3 heterocycles. The van der Waals surface area contributed by atoms with Crippen molar-refractivity contribution in [2.24, 2.45) is 0 Å². The Morgan fingerprint density at radius 2 is 2.08 bits per heavy atom. The van der Waals surface area contributed by atoms with Crippen molar-refractivity contribution in [2.45, 2.75) is 57.9 Å². The lowest BCUT2D eigenvalue weighted by Crippen LogP contribution is -2.43. The zero-order valence-corrected chi connectivity index (χ0v) is 15.5. The fourth-order valence-corrected chi connectivity index (χ4v) is 3.93. The number of aromatic amines is 1. The molecule has 2 aliphatic rings. The maximum absolute atomic E-state index is 12.4. The van der Waals surface area contributed by atoms with Crippen molar-refractivity contribution in [3.63, 3.8) is 0 Å². The minimum atomic E-state index is -0.0812. The lowest BCUT2D eigenvalue weighted by molar-refractivity contribution is 0.0902. The van der Waals surface area contributed by atoms with Crippen LogP contribution in [0.5, 0.6) is 0 Å². The van der Waals surface area contributed by atoms with E-state index in [1.165, 1.54) is 12.8 Å². The van der Waals surface area contributed by atoms with Crippen LogP contribution >= 0.6 is 0 Å². The predicted octanol–water partition coefficient (Wildman–Crippen LogP) is 2.35. The molecule has 0 spiro atoms. The number of rotatable bonds is 5. The molecule has 2 fully saturated rings. The molecule has 7 nitrogen and oxygen atoms in total. The van der Waals surface area contributed by atoms with Crippen LogP contribution < -0.4 is 10.2 Å². The van der Waals surface area contributed by atoms with Crippen LogP contribution in [0.2, 0.25) is 0 Å². The summed E-state index contributed by atoms with van der Waals surface area (Å²) >= 11 is 0. The molecule has 26 heavy (non-hydrogen) atoms. The van der Waals surface area contributed by atoms with Gasteiger partial charge >= 0.3 is 0 Å². The standard InChI is InChI=1S/C19H26N6O/c1-3-15-12(2)18(24-23-15)19(26)22-14-8-13(9-14)16-10-17(21-11-20-16)25-6-4-5-7-25/h10-11,13-14H,3-9H2,1-2H3,(H,22,26)(H,23,24). The number of H-pyrrole nitrogens is 1. The van der Waals surface area contributed by atoms with E-state index >= 15 is 0 Å². The molecule has 138 valence electrons. The number of amides is 1. The van der Waals surface area contributed by atoms with Crippen LogP contribution in [0.15, 0.2) is 12.4 Å². The molecular weight excluding hydrogens is 328 g/mol. The summed E-state index contributed by atoms with van der Waals surface area (Å²) in [5, 5.41) is 10.2. The van der Waals surface area contributed by atoms with Gasteiger partial charge in [0.25, 0.3) is 5.91 Å². The summed E-state index contributed by atoms with van der Waals surface area (Å²) in [4.78, 5) is 23.7. The number of nitrogens with one attached hydrogen (secondary N) is 2. The van der Waals surface area contributed by atoms with Crippen LogP contribution in [0.1, 0.15) is 66.0 Å². The number of aryl methyl sites for hydroxylation is 1. The lowest BCUT2D eigenvalue weighted by atomic mass is 9.78. The first-order valence-corrected chi connectivity index (χ1v) is 9.57. The summed E-state index contributed by atoms with van der Waals surface area (Å²) in [5.41, 5.74) is 3.59. The van der Waals surface area contributed by atoms with Crippen LogP contribution in [0.3, 0.4) is 0 Å². The molecule has 1 saturated carbocycles. The van der Waals surface area contributed by atoms with E-state index in [9.17, 15) is 4.79 Å². The Hall–Kier alpha value is -2.44. The van der Waals surface area contributed by atoms with Crippen molar-refractivity contribution in [1.29, 1.82) is 0 Å². The molecule has 4 rings (SSSR count). The lowest BCUT2D eigenvalue weighted by Gasteiger charge is -2.35. The first-order chi connectivity index (χ1) is 12.7. The van der Waals surface area contributed by atoms with Crippen LogP contribution in [0.4, 0.5) is 5.82 Å². The third-order valence-corrected chi connectivity index (χ3v) is 5.67. The van der Waals surface area contributed by atoms with E-state index in [1.807, 2.05) is 6.92 Å². The number of aromatic nitrogens is 4. The van der Waals surface area contributed by atoms with Gasteiger partial charge in [-0.3, -0.25) is 9.89 Å². The molecule has 2 N–H and O–H groups in total. The Kier molecular flexibility index (Phi) is 4.61. The van der Waals surface area contributed by atoms with Gasteiger partial charge in [-0.25, -0.2) is 9.97 Å². The predicted molar refractivity (Wildman–Crippen MR) is 99.4 cm³/mol. The normalized spacial score (nSPS) is 22.3. The van der Waals surface area contributed by atoms with Crippen molar-refractivity contribution in [1.82, 2.24) is 25.5 Å². The van der Waals surface area contributed by atoms with Gasteiger partial charge < -0.3 is 10.2 Å². The smallest absolute Gasteiger partial charge is 0.272 e. The molecule has 0 atom stereocenters. The van der Waals surface area contributed by atoms with Gasteiger partial charge in [0.1, 0.15) is 12.1 Å². The second kappa shape index (κ2) is 7.05. The molecule has 0 unspecified atom stereocenters. The van der Waals surface area contributed by atoms with Gasteiger partial charge in [-0.05, 0) is 39.0 Å². The summed E-state index contributed by atoms with van der Waals surface area (Å²) in [6, 6.07) is 2.32. The highest BCUT2D eigenvalue weighted by atomic mass is 16.2. The molecule has 2 aromatic rings. The summed E-state index contributed by atoms with van der Waals surface area (Å²) in [6.07, 6.45) is 6.85. The molecule has 0 radical (unpaired) electrons. The average molecular weight is 354 g/mol. The highest BCUT2D eigenvalue weighted by Crippen LogP contribution is 2.37. The summed E-state index contributed by atoms with van der Waals surface area (Å²) in [7, 11) is 0. The Bertz CT molecular complexity index is 789. The number of carbonyl (C=O) groups excluding carboxylic acids is 1. The fraction of sp³-hybridized carbons (Fsp3) is 0.579. The molecule has 0 aromatic carbocycles. The van der Waals surface area contributed by atoms with Crippen molar-refractivity contribution in [2.75, 3.05) is 18.0 Å². The fourth-order valence-electron chi connectivity index (χ4n) is 3.93. The Labute approximate surface area is 153 Å². The number of anilines is 1. The second-order valence-corrected chi connectivity index (χ2v) is 7.36. The van der Waals surface area contributed by atoms with Gasteiger partial charge in [-0.15, -0.1) is 0 Å². The number of hydrogen-bond acceptors (Lipinski definition) is 5. The average Bonchev–Trinajstić information content (AvgIpc) is 3.27. The third-order valence-electron chi connectivity index (χ3n) is 5.67. The minimum absolute atomic E-state index is 0.0812. The van der Waals surface area contributed by atoms with Crippen molar-refractivity contribution < 1.29 is 4.79 Å². The van der Waals surface area contributed by atoms with Crippen LogP contribution in [-0.2, 0) is 6.42 Å². The molecule has 1 aliphatic carbocycles. The quantitative estimate of drug-likeness (QED) is 0.861. The maximum Gasteiger partial charge on any atom is 0.272 e. The Balaban J connectivity index is 1.34. The van der Waals surface area contributed by atoms with Gasteiger partial charge in [0.2, 0.25) is 0 Å². The highest BCUT2D eigenvalue weighted by Gasteiger charge is 2.33. The zero-order chi connectivity index (χ0) is 18.1. The minimum Gasteiger partial charge on any atom is -0.357 e. The maximum atomic E-state index is 12.4. The molecule has 1 saturated heterocycles. The van der Waals surface area contributed by atoms with E-state index in [2.05, 4.69) is 43.4 Å². The molecular formula is C19H26N6O. The number of nitrogens with zero attached hydrogens (tertiary/aromatic N) is 4. The monoisotopic (exact) mass is 354 g/mol. The van der Waals surface area contributed by atoms with E-state index in [1.54, 1.807) is 6.33 Å². The van der Waals surface area contributed by atoms with E-state index in [0.717, 1.165) is 55.1 Å². The van der Waals surface area contributed by atoms with Crippen LogP contribution in [-0.4, -0.2) is 45.2 Å². The summed E-state index contributed by atoms with van der Waals surface area (Å²) < 4.78 is 0. The van der Waals surface area contributed by atoms with Gasteiger partial charge in [0, 0.05) is 48.1 Å². The van der Waals surface area contributed by atoms with E-state index in [4.69, 9.17) is 0 Å². The number of carbonyl (C=O) groups is 1. The largest absolute Gasteiger partial charge is 0.357 e. The first-order valence-electron chi connectivity index (χ1n) is 9.57. The van der Waals surface area contributed by atoms with E-state index in [0.29, 0.717) is 11.6 Å². The van der Waals surface area contributed by atoms with Crippen molar-refractivity contribution >= 4 is 11.7 Å². The molecule has 1 aliphatic heterocycles. The van der Waals surface area contributed by atoms with Crippen LogP contribution in [0, 0.1) is 6.92 Å². The molecule has 2 aromatic heterocycles. The molecule has 7 heteroatoms. The van der Waals surface area contributed by atoms with Gasteiger partial charge in [0.05, 0.1) is 0 Å². The summed E-state index contributed by atoms with van der Waals surface area (Å²) in [6.45, 7) is 6.17. The van der Waals surface area contributed by atoms with Crippen LogP contribution in [0.25, 0.3) is 0 Å². The topological polar surface area (TPSA) is 86.8 Å². The summed E-state index contributed by atoms with van der Waals surface area (Å²) in [5.74, 6) is 1.36. The first kappa shape index (κ1) is 17.0. The highest BCUT2D eigenvalue weighted by molar-refractivity contribution is 5.94. The third kappa shape index (κ3) is 3.18.